The van der Waals surface area contributed by atoms with Crippen LogP contribution in [0.4, 0.5) is 10.1 Å². The predicted octanol–water partition coefficient (Wildman–Crippen LogP) is 1.52. The molecule has 2 rings (SSSR count). The second-order valence-electron chi connectivity index (χ2n) is 4.80. The summed E-state index contributed by atoms with van der Waals surface area (Å²) in [4.78, 5) is 29.4. The lowest BCUT2D eigenvalue weighted by Gasteiger charge is -2.20. The minimum Gasteiger partial charge on any atom is -0.335 e. The van der Waals surface area contributed by atoms with Crippen LogP contribution >= 0.6 is 11.8 Å². The summed E-state index contributed by atoms with van der Waals surface area (Å²) in [6.45, 7) is 1.59. The van der Waals surface area contributed by atoms with Crippen molar-refractivity contribution in [2.24, 2.45) is 0 Å². The zero-order valence-corrected chi connectivity index (χ0v) is 13.4. The number of hydrogen-bond donors (Lipinski definition) is 2. The number of carbonyl (C=O) groups is 2. The smallest absolute Gasteiger partial charge is 0.243 e. The Bertz CT molecular complexity index is 680. The number of likely N-dealkylation sites (N-methyl/N-ethyl adjacent to an activating group) is 1. The van der Waals surface area contributed by atoms with Crippen LogP contribution in [0.1, 0.15) is 6.92 Å². The molecule has 7 nitrogen and oxygen atoms in total. The van der Waals surface area contributed by atoms with E-state index in [0.717, 1.165) is 0 Å². The van der Waals surface area contributed by atoms with Crippen molar-refractivity contribution < 1.29 is 14.0 Å². The first-order chi connectivity index (χ1) is 11.0. The molecule has 122 valence electrons. The van der Waals surface area contributed by atoms with Crippen LogP contribution in [0.2, 0.25) is 0 Å². The van der Waals surface area contributed by atoms with E-state index in [1.54, 1.807) is 13.0 Å². The first-order valence-electron chi connectivity index (χ1n) is 6.78. The lowest BCUT2D eigenvalue weighted by Crippen LogP contribution is -2.39. The molecule has 2 aromatic rings. The van der Waals surface area contributed by atoms with Crippen LogP contribution in [0.25, 0.3) is 0 Å². The number of rotatable bonds is 6. The Hall–Kier alpha value is -2.42. The molecule has 0 radical (unpaired) electrons. The van der Waals surface area contributed by atoms with Crippen LogP contribution in [-0.4, -0.2) is 50.7 Å². The van der Waals surface area contributed by atoms with Crippen molar-refractivity contribution >= 4 is 29.3 Å². The number of thioether (sulfide) groups is 1. The monoisotopic (exact) mass is 337 g/mol. The molecule has 0 fully saturated rings. The van der Waals surface area contributed by atoms with E-state index in [1.807, 2.05) is 0 Å². The van der Waals surface area contributed by atoms with E-state index in [0.29, 0.717) is 10.8 Å². The summed E-state index contributed by atoms with van der Waals surface area (Å²) in [5.74, 6) is -1.06. The Morgan fingerprint density at radius 3 is 2.91 bits per heavy atom. The molecule has 1 aromatic carbocycles. The van der Waals surface area contributed by atoms with E-state index in [4.69, 9.17) is 0 Å². The molecule has 0 aliphatic rings. The van der Waals surface area contributed by atoms with Gasteiger partial charge in [-0.15, -0.1) is 0 Å². The Morgan fingerprint density at radius 2 is 2.26 bits per heavy atom. The Labute approximate surface area is 136 Å². The second-order valence-corrected chi connectivity index (χ2v) is 6.13. The van der Waals surface area contributed by atoms with Crippen molar-refractivity contribution in [2.75, 3.05) is 18.9 Å². The Kier molecular flexibility index (Phi) is 5.69. The minimum atomic E-state index is -0.440. The van der Waals surface area contributed by atoms with Crippen molar-refractivity contribution in [1.82, 2.24) is 20.1 Å². The molecule has 1 heterocycles. The van der Waals surface area contributed by atoms with Crippen LogP contribution in [0.3, 0.4) is 0 Å². The van der Waals surface area contributed by atoms with E-state index in [-0.39, 0.29) is 12.5 Å². The standard InChI is InChI=1S/C14H16FN5O2S/c1-9(23-14-16-8-17-19-14)13(22)20(2)7-12(21)18-11-5-3-4-10(15)6-11/h3-6,8-9H,7H2,1-2H3,(H,18,21)(H,16,17,19). The summed E-state index contributed by atoms with van der Waals surface area (Å²) in [6, 6.07) is 5.57. The van der Waals surface area contributed by atoms with Gasteiger partial charge in [-0.2, -0.15) is 5.10 Å². The third kappa shape index (κ3) is 5.06. The minimum absolute atomic E-state index is 0.128. The molecule has 1 aromatic heterocycles. The number of aromatic amines is 1. The largest absolute Gasteiger partial charge is 0.335 e. The molecule has 1 unspecified atom stereocenters. The van der Waals surface area contributed by atoms with E-state index in [1.165, 1.54) is 48.2 Å². The number of amides is 2. The second kappa shape index (κ2) is 7.73. The van der Waals surface area contributed by atoms with Gasteiger partial charge in [0.15, 0.2) is 5.16 Å². The molecule has 9 heteroatoms. The number of aromatic nitrogens is 3. The van der Waals surface area contributed by atoms with Gasteiger partial charge < -0.3 is 10.2 Å². The average Bonchev–Trinajstić information content (AvgIpc) is 2.99. The van der Waals surface area contributed by atoms with Gasteiger partial charge in [-0.25, -0.2) is 9.37 Å². The number of H-pyrrole nitrogens is 1. The molecule has 1 atom stereocenters. The lowest BCUT2D eigenvalue weighted by atomic mass is 10.3. The van der Waals surface area contributed by atoms with E-state index >= 15 is 0 Å². The summed E-state index contributed by atoms with van der Waals surface area (Å²) in [5, 5.41) is 9.02. The first-order valence-corrected chi connectivity index (χ1v) is 7.66. The summed E-state index contributed by atoms with van der Waals surface area (Å²) < 4.78 is 13.1. The lowest BCUT2D eigenvalue weighted by molar-refractivity contribution is -0.132. The van der Waals surface area contributed by atoms with E-state index in [9.17, 15) is 14.0 Å². The van der Waals surface area contributed by atoms with Crippen LogP contribution in [0.15, 0.2) is 35.7 Å². The molecule has 0 spiro atoms. The predicted molar refractivity (Wildman–Crippen MR) is 84.4 cm³/mol. The number of nitrogens with one attached hydrogen (secondary N) is 2. The zero-order valence-electron chi connectivity index (χ0n) is 12.6. The molecular weight excluding hydrogens is 321 g/mol. The van der Waals surface area contributed by atoms with Gasteiger partial charge in [-0.3, -0.25) is 14.7 Å². The third-order valence-corrected chi connectivity index (χ3v) is 3.87. The summed E-state index contributed by atoms with van der Waals surface area (Å²) in [6.07, 6.45) is 1.36. The van der Waals surface area contributed by atoms with Crippen molar-refractivity contribution in [2.45, 2.75) is 17.3 Å². The molecule has 23 heavy (non-hydrogen) atoms. The van der Waals surface area contributed by atoms with E-state index < -0.39 is 17.0 Å². The highest BCUT2D eigenvalue weighted by Crippen LogP contribution is 2.19. The van der Waals surface area contributed by atoms with E-state index in [2.05, 4.69) is 20.5 Å². The van der Waals surface area contributed by atoms with Gasteiger partial charge in [0.1, 0.15) is 12.1 Å². The van der Waals surface area contributed by atoms with Gasteiger partial charge in [-0.05, 0) is 25.1 Å². The van der Waals surface area contributed by atoms with Gasteiger partial charge in [0, 0.05) is 12.7 Å². The van der Waals surface area contributed by atoms with Gasteiger partial charge in [0.25, 0.3) is 0 Å². The average molecular weight is 337 g/mol. The molecule has 2 amide bonds. The maximum Gasteiger partial charge on any atom is 0.243 e. The topological polar surface area (TPSA) is 91.0 Å². The molecule has 2 N–H and O–H groups in total. The maximum atomic E-state index is 13.1. The number of hydrogen-bond acceptors (Lipinski definition) is 5. The highest BCUT2D eigenvalue weighted by Gasteiger charge is 2.21. The quantitative estimate of drug-likeness (QED) is 0.780. The van der Waals surface area contributed by atoms with Crippen LogP contribution in [0.5, 0.6) is 0 Å². The van der Waals surface area contributed by atoms with Crippen molar-refractivity contribution in [3.05, 3.63) is 36.4 Å². The number of carbonyl (C=O) groups excluding carboxylic acids is 2. The molecule has 0 aliphatic heterocycles. The molecule has 0 aliphatic carbocycles. The fourth-order valence-electron chi connectivity index (χ4n) is 1.84. The fraction of sp³-hybridized carbons (Fsp3) is 0.286. The summed E-state index contributed by atoms with van der Waals surface area (Å²) >= 11 is 1.22. The van der Waals surface area contributed by atoms with Crippen LogP contribution in [0, 0.1) is 5.82 Å². The molecule has 0 saturated carbocycles. The number of benzene rings is 1. The van der Waals surface area contributed by atoms with Crippen molar-refractivity contribution in [1.29, 1.82) is 0 Å². The van der Waals surface area contributed by atoms with Crippen molar-refractivity contribution in [3.8, 4) is 0 Å². The first kappa shape index (κ1) is 16.9. The molecule has 0 saturated heterocycles. The van der Waals surface area contributed by atoms with Crippen LogP contribution in [-0.2, 0) is 9.59 Å². The summed E-state index contributed by atoms with van der Waals surface area (Å²) in [7, 11) is 1.53. The number of halogens is 1. The highest BCUT2D eigenvalue weighted by atomic mass is 32.2. The van der Waals surface area contributed by atoms with Gasteiger partial charge >= 0.3 is 0 Å². The maximum absolute atomic E-state index is 13.1. The number of nitrogens with zero attached hydrogens (tertiary/aromatic N) is 3. The SMILES string of the molecule is CC(Sc1ncn[nH]1)C(=O)N(C)CC(=O)Nc1cccc(F)c1. The Morgan fingerprint density at radius 1 is 1.48 bits per heavy atom. The van der Waals surface area contributed by atoms with Crippen LogP contribution < -0.4 is 5.32 Å². The van der Waals surface area contributed by atoms with Crippen molar-refractivity contribution in [3.63, 3.8) is 0 Å². The highest BCUT2D eigenvalue weighted by molar-refractivity contribution is 8.00. The van der Waals surface area contributed by atoms with Gasteiger partial charge in [0.2, 0.25) is 11.8 Å². The van der Waals surface area contributed by atoms with Gasteiger partial charge in [0.05, 0.1) is 11.8 Å². The third-order valence-electron chi connectivity index (χ3n) is 2.89. The zero-order chi connectivity index (χ0) is 16.8. The fourth-order valence-corrected chi connectivity index (χ4v) is 2.67. The molecule has 0 bridgehead atoms. The summed E-state index contributed by atoms with van der Waals surface area (Å²) in [5.41, 5.74) is 0.347. The molecular formula is C14H16FN5O2S. The Balaban J connectivity index is 1.86. The number of anilines is 1. The van der Waals surface area contributed by atoms with Gasteiger partial charge in [-0.1, -0.05) is 17.8 Å². The normalized spacial score (nSPS) is 11.8.